The number of aryl methyl sites for hydroxylation is 1. The average molecular weight is 294 g/mol. The number of nitriles is 1. The lowest BCUT2D eigenvalue weighted by Gasteiger charge is -2.33. The van der Waals surface area contributed by atoms with Crippen molar-refractivity contribution in [3.63, 3.8) is 0 Å². The molecule has 1 aromatic rings. The Kier molecular flexibility index (Phi) is 4.14. The summed E-state index contributed by atoms with van der Waals surface area (Å²) >= 11 is 0. The van der Waals surface area contributed by atoms with Gasteiger partial charge in [0, 0.05) is 13.1 Å². The van der Waals surface area contributed by atoms with E-state index >= 15 is 0 Å². The number of hydrogen-bond acceptors (Lipinski definition) is 4. The van der Waals surface area contributed by atoms with Gasteiger partial charge >= 0.3 is 0 Å². The predicted molar refractivity (Wildman–Crippen MR) is 74.4 cm³/mol. The van der Waals surface area contributed by atoms with Crippen molar-refractivity contribution in [2.75, 3.05) is 13.1 Å². The van der Waals surface area contributed by atoms with Crippen molar-refractivity contribution in [3.8, 4) is 6.07 Å². The molecular formula is C14H18N2O3S. The van der Waals surface area contributed by atoms with Crippen LogP contribution in [-0.4, -0.2) is 37.0 Å². The van der Waals surface area contributed by atoms with Crippen LogP contribution in [0, 0.1) is 24.2 Å². The van der Waals surface area contributed by atoms with Gasteiger partial charge in [0.25, 0.3) is 0 Å². The summed E-state index contributed by atoms with van der Waals surface area (Å²) in [6.07, 6.45) is 0.0129. The van der Waals surface area contributed by atoms with Crippen LogP contribution in [0.25, 0.3) is 0 Å². The minimum atomic E-state index is -3.56. The lowest BCUT2D eigenvalue weighted by Crippen LogP contribution is -2.45. The molecule has 108 valence electrons. The molecule has 5 nitrogen and oxygen atoms in total. The Morgan fingerprint density at radius 3 is 2.70 bits per heavy atom. The number of benzene rings is 1. The SMILES string of the molecule is Cc1cc(C#N)ccc1S(=O)(=O)N1CCC(O)C(C)C1. The van der Waals surface area contributed by atoms with Crippen LogP contribution in [0.2, 0.25) is 0 Å². The highest BCUT2D eigenvalue weighted by Crippen LogP contribution is 2.26. The van der Waals surface area contributed by atoms with E-state index in [4.69, 9.17) is 5.26 Å². The highest BCUT2D eigenvalue weighted by Gasteiger charge is 2.33. The average Bonchev–Trinajstić information content (AvgIpc) is 2.41. The van der Waals surface area contributed by atoms with Gasteiger partial charge in [-0.3, -0.25) is 0 Å². The Morgan fingerprint density at radius 2 is 2.15 bits per heavy atom. The zero-order chi connectivity index (χ0) is 14.9. The quantitative estimate of drug-likeness (QED) is 0.890. The van der Waals surface area contributed by atoms with Gasteiger partial charge in [-0.2, -0.15) is 9.57 Å². The summed E-state index contributed by atoms with van der Waals surface area (Å²) in [5, 5.41) is 18.5. The van der Waals surface area contributed by atoms with E-state index in [1.54, 1.807) is 13.0 Å². The van der Waals surface area contributed by atoms with E-state index in [-0.39, 0.29) is 10.8 Å². The molecule has 0 saturated carbocycles. The second-order valence-electron chi connectivity index (χ2n) is 5.29. The summed E-state index contributed by atoms with van der Waals surface area (Å²) in [5.74, 6) is -0.0720. The summed E-state index contributed by atoms with van der Waals surface area (Å²) in [6, 6.07) is 6.58. The van der Waals surface area contributed by atoms with Gasteiger partial charge in [0.1, 0.15) is 0 Å². The normalized spacial score (nSPS) is 24.3. The summed E-state index contributed by atoms with van der Waals surface area (Å²) in [6.45, 7) is 4.18. The van der Waals surface area contributed by atoms with E-state index in [0.717, 1.165) is 0 Å². The molecule has 6 heteroatoms. The number of hydrogen-bond donors (Lipinski definition) is 1. The molecule has 0 aliphatic carbocycles. The molecule has 1 aliphatic heterocycles. The molecule has 1 fully saturated rings. The van der Waals surface area contributed by atoms with E-state index < -0.39 is 16.1 Å². The Bertz CT molecular complexity index is 649. The first-order chi connectivity index (χ1) is 9.36. The molecule has 1 saturated heterocycles. The van der Waals surface area contributed by atoms with Gasteiger partial charge in [-0.1, -0.05) is 6.92 Å². The highest BCUT2D eigenvalue weighted by atomic mass is 32.2. The number of aliphatic hydroxyl groups excluding tert-OH is 1. The summed E-state index contributed by atoms with van der Waals surface area (Å²) in [4.78, 5) is 0.236. The Hall–Kier alpha value is -1.42. The van der Waals surface area contributed by atoms with Crippen LogP contribution in [0.15, 0.2) is 23.1 Å². The monoisotopic (exact) mass is 294 g/mol. The number of sulfonamides is 1. The van der Waals surface area contributed by atoms with Crippen molar-refractivity contribution in [2.45, 2.75) is 31.3 Å². The van der Waals surface area contributed by atoms with Gasteiger partial charge < -0.3 is 5.11 Å². The largest absolute Gasteiger partial charge is 0.393 e. The minimum absolute atomic E-state index is 0.0720. The molecule has 2 rings (SSSR count). The molecule has 1 aromatic carbocycles. The molecule has 0 bridgehead atoms. The minimum Gasteiger partial charge on any atom is -0.393 e. The van der Waals surface area contributed by atoms with Gasteiger partial charge in [-0.25, -0.2) is 8.42 Å². The van der Waals surface area contributed by atoms with Crippen LogP contribution < -0.4 is 0 Å². The van der Waals surface area contributed by atoms with Crippen LogP contribution >= 0.6 is 0 Å². The maximum absolute atomic E-state index is 12.6. The molecule has 0 amide bonds. The van der Waals surface area contributed by atoms with Crippen LogP contribution in [-0.2, 0) is 10.0 Å². The second-order valence-corrected chi connectivity index (χ2v) is 7.19. The van der Waals surface area contributed by atoms with Crippen molar-refractivity contribution in [1.29, 1.82) is 5.26 Å². The van der Waals surface area contributed by atoms with Crippen LogP contribution in [0.1, 0.15) is 24.5 Å². The fraction of sp³-hybridized carbons (Fsp3) is 0.500. The fourth-order valence-electron chi connectivity index (χ4n) is 2.46. The van der Waals surface area contributed by atoms with Gasteiger partial charge in [-0.05, 0) is 43.0 Å². The number of rotatable bonds is 2. The van der Waals surface area contributed by atoms with Crippen LogP contribution in [0.3, 0.4) is 0 Å². The van der Waals surface area contributed by atoms with E-state index in [2.05, 4.69) is 0 Å². The maximum atomic E-state index is 12.6. The smallest absolute Gasteiger partial charge is 0.243 e. The molecule has 0 radical (unpaired) electrons. The lowest BCUT2D eigenvalue weighted by atomic mass is 9.99. The zero-order valence-electron chi connectivity index (χ0n) is 11.6. The molecule has 2 atom stereocenters. The van der Waals surface area contributed by atoms with Crippen molar-refractivity contribution < 1.29 is 13.5 Å². The zero-order valence-corrected chi connectivity index (χ0v) is 12.4. The Labute approximate surface area is 119 Å². The third-order valence-corrected chi connectivity index (χ3v) is 5.77. The van der Waals surface area contributed by atoms with E-state index in [1.165, 1.54) is 16.4 Å². The summed E-state index contributed by atoms with van der Waals surface area (Å²) < 4.78 is 26.7. The molecule has 2 unspecified atom stereocenters. The van der Waals surface area contributed by atoms with Crippen molar-refractivity contribution in [3.05, 3.63) is 29.3 Å². The first-order valence-corrected chi connectivity index (χ1v) is 7.99. The van der Waals surface area contributed by atoms with E-state index in [0.29, 0.717) is 30.6 Å². The third kappa shape index (κ3) is 2.70. The molecule has 1 heterocycles. The fourth-order valence-corrected chi connectivity index (χ4v) is 4.22. The first-order valence-electron chi connectivity index (χ1n) is 6.55. The van der Waals surface area contributed by atoms with Crippen molar-refractivity contribution in [2.24, 2.45) is 5.92 Å². The second kappa shape index (κ2) is 5.52. The predicted octanol–water partition coefficient (Wildman–Crippen LogP) is 1.26. The number of nitrogens with zero attached hydrogens (tertiary/aromatic N) is 2. The highest BCUT2D eigenvalue weighted by molar-refractivity contribution is 7.89. The topological polar surface area (TPSA) is 81.4 Å². The van der Waals surface area contributed by atoms with Gasteiger partial charge in [0.2, 0.25) is 10.0 Å². The maximum Gasteiger partial charge on any atom is 0.243 e. The number of aliphatic hydroxyl groups is 1. The Balaban J connectivity index is 2.34. The Morgan fingerprint density at radius 1 is 1.45 bits per heavy atom. The first kappa shape index (κ1) is 15.0. The lowest BCUT2D eigenvalue weighted by molar-refractivity contribution is 0.0628. The van der Waals surface area contributed by atoms with Gasteiger partial charge in [-0.15, -0.1) is 0 Å². The standard InChI is InChI=1S/C14H18N2O3S/c1-10-7-12(8-15)3-4-14(10)20(18,19)16-6-5-13(17)11(2)9-16/h3-4,7,11,13,17H,5-6,9H2,1-2H3. The third-order valence-electron chi connectivity index (χ3n) is 3.74. The van der Waals surface area contributed by atoms with E-state index in [9.17, 15) is 13.5 Å². The van der Waals surface area contributed by atoms with Crippen molar-refractivity contribution in [1.82, 2.24) is 4.31 Å². The van der Waals surface area contributed by atoms with Crippen LogP contribution in [0.5, 0.6) is 0 Å². The van der Waals surface area contributed by atoms with Crippen molar-refractivity contribution >= 4 is 10.0 Å². The summed E-state index contributed by atoms with van der Waals surface area (Å²) in [7, 11) is -3.56. The molecule has 1 aliphatic rings. The van der Waals surface area contributed by atoms with Gasteiger partial charge in [0.15, 0.2) is 0 Å². The molecule has 0 aromatic heterocycles. The molecule has 20 heavy (non-hydrogen) atoms. The molecule has 0 spiro atoms. The van der Waals surface area contributed by atoms with Crippen LogP contribution in [0.4, 0.5) is 0 Å². The summed E-state index contributed by atoms with van der Waals surface area (Å²) in [5.41, 5.74) is 1.02. The van der Waals surface area contributed by atoms with E-state index in [1.807, 2.05) is 13.0 Å². The van der Waals surface area contributed by atoms with Gasteiger partial charge in [0.05, 0.1) is 22.6 Å². The number of piperidine rings is 1. The molecule has 1 N–H and O–H groups in total. The molecular weight excluding hydrogens is 276 g/mol.